The Hall–Kier alpha value is -2.66. The van der Waals surface area contributed by atoms with E-state index >= 15 is 0 Å². The van der Waals surface area contributed by atoms with Crippen molar-refractivity contribution in [1.29, 1.82) is 0 Å². The van der Waals surface area contributed by atoms with Crippen molar-refractivity contribution in [2.24, 2.45) is 4.99 Å². The third kappa shape index (κ3) is 4.29. The molecule has 2 aromatic carbocycles. The molecular weight excluding hydrogens is 342 g/mol. The molecule has 0 bridgehead atoms. The lowest BCUT2D eigenvalue weighted by Crippen LogP contribution is -2.14. The fourth-order valence-corrected chi connectivity index (χ4v) is 3.06. The molecule has 26 heavy (non-hydrogen) atoms. The summed E-state index contributed by atoms with van der Waals surface area (Å²) in [5.74, 6) is 0.841. The van der Waals surface area contributed by atoms with Crippen LogP contribution in [0.3, 0.4) is 0 Å². The van der Waals surface area contributed by atoms with E-state index in [1.807, 2.05) is 74.6 Å². The molecule has 0 amide bonds. The van der Waals surface area contributed by atoms with Crippen LogP contribution in [0.4, 0.5) is 5.69 Å². The molecule has 0 atom stereocenters. The highest BCUT2D eigenvalue weighted by Crippen LogP contribution is 2.35. The lowest BCUT2D eigenvalue weighted by molar-refractivity contribution is 0.492. The van der Waals surface area contributed by atoms with Gasteiger partial charge in [-0.1, -0.05) is 30.3 Å². The first-order valence-corrected chi connectivity index (χ1v) is 9.40. The minimum absolute atomic E-state index is 0.785. The lowest BCUT2D eigenvalue weighted by Gasteiger charge is -2.11. The van der Waals surface area contributed by atoms with Gasteiger partial charge in [-0.15, -0.1) is 0 Å². The van der Waals surface area contributed by atoms with Gasteiger partial charge in [0.1, 0.15) is 5.75 Å². The molecule has 3 aromatic rings. The maximum absolute atomic E-state index is 6.09. The Balaban J connectivity index is 1.79. The Kier molecular flexibility index (Phi) is 5.68. The third-order valence-corrected chi connectivity index (χ3v) is 4.82. The summed E-state index contributed by atoms with van der Waals surface area (Å²) >= 11 is 1.37. The van der Waals surface area contributed by atoms with Crippen molar-refractivity contribution in [2.45, 2.75) is 20.8 Å². The van der Waals surface area contributed by atoms with E-state index in [0.29, 0.717) is 0 Å². The van der Waals surface area contributed by atoms with Crippen LogP contribution in [0, 0.1) is 13.8 Å². The van der Waals surface area contributed by atoms with Crippen molar-refractivity contribution in [1.82, 2.24) is 9.27 Å². The Morgan fingerprint density at radius 1 is 1.12 bits per heavy atom. The van der Waals surface area contributed by atoms with Crippen molar-refractivity contribution >= 4 is 23.6 Å². The van der Waals surface area contributed by atoms with Gasteiger partial charge in [-0.05, 0) is 44.0 Å². The highest BCUT2D eigenvalue weighted by atomic mass is 32.1. The number of hydrogen-bond donors (Lipinski definition) is 0. The van der Waals surface area contributed by atoms with E-state index < -0.39 is 0 Å². The summed E-state index contributed by atoms with van der Waals surface area (Å²) in [7, 11) is 2.01. The largest absolute Gasteiger partial charge is 0.445 e. The van der Waals surface area contributed by atoms with Crippen LogP contribution in [-0.4, -0.2) is 29.2 Å². The van der Waals surface area contributed by atoms with E-state index in [-0.39, 0.29) is 0 Å². The second-order valence-corrected chi connectivity index (χ2v) is 6.99. The molecular formula is C21H23N3OS. The van der Waals surface area contributed by atoms with Crippen LogP contribution in [0.15, 0.2) is 53.5 Å². The van der Waals surface area contributed by atoms with Crippen molar-refractivity contribution in [3.63, 3.8) is 0 Å². The van der Waals surface area contributed by atoms with Gasteiger partial charge >= 0.3 is 0 Å². The van der Waals surface area contributed by atoms with Crippen LogP contribution in [0.2, 0.25) is 0 Å². The van der Waals surface area contributed by atoms with Crippen molar-refractivity contribution in [2.75, 3.05) is 13.6 Å². The summed E-state index contributed by atoms with van der Waals surface area (Å²) < 4.78 is 10.6. The van der Waals surface area contributed by atoms with Gasteiger partial charge in [0.15, 0.2) is 0 Å². The van der Waals surface area contributed by atoms with Crippen LogP contribution >= 0.6 is 11.5 Å². The highest BCUT2D eigenvalue weighted by Gasteiger charge is 2.10. The second kappa shape index (κ2) is 8.15. The first kappa shape index (κ1) is 18.1. The van der Waals surface area contributed by atoms with Gasteiger partial charge in [0, 0.05) is 36.8 Å². The van der Waals surface area contributed by atoms with E-state index in [9.17, 15) is 0 Å². The molecule has 0 aliphatic carbocycles. The number of aryl methyl sites for hydroxylation is 2. The quantitative estimate of drug-likeness (QED) is 0.407. The molecule has 1 aromatic heterocycles. The van der Waals surface area contributed by atoms with Gasteiger partial charge in [0.25, 0.3) is 0 Å². The number of ether oxygens (including phenoxy) is 1. The number of benzene rings is 2. The van der Waals surface area contributed by atoms with Gasteiger partial charge in [0.2, 0.25) is 5.06 Å². The fraction of sp³-hybridized carbons (Fsp3) is 0.238. The Morgan fingerprint density at radius 3 is 2.62 bits per heavy atom. The number of nitrogens with zero attached hydrogens (tertiary/aromatic N) is 3. The summed E-state index contributed by atoms with van der Waals surface area (Å²) in [6.45, 7) is 7.11. The van der Waals surface area contributed by atoms with Gasteiger partial charge in [-0.25, -0.2) is 4.99 Å². The Morgan fingerprint density at radius 2 is 1.88 bits per heavy atom. The van der Waals surface area contributed by atoms with Crippen LogP contribution in [0.25, 0.3) is 11.3 Å². The first-order valence-electron chi connectivity index (χ1n) is 8.62. The van der Waals surface area contributed by atoms with Gasteiger partial charge in [0.05, 0.1) is 17.7 Å². The van der Waals surface area contributed by atoms with Crippen LogP contribution < -0.4 is 4.74 Å². The van der Waals surface area contributed by atoms with E-state index in [1.54, 1.807) is 0 Å². The molecule has 0 spiro atoms. The summed E-state index contributed by atoms with van der Waals surface area (Å²) in [6, 6.07) is 16.2. The third-order valence-electron chi connectivity index (χ3n) is 4.15. The molecule has 0 N–H and O–H groups in total. The smallest absolute Gasteiger partial charge is 0.200 e. The van der Waals surface area contributed by atoms with Gasteiger partial charge in [-0.3, -0.25) is 0 Å². The predicted octanol–water partition coefficient (Wildman–Crippen LogP) is 5.83. The normalized spacial score (nSPS) is 11.1. The van der Waals surface area contributed by atoms with E-state index in [0.717, 1.165) is 45.4 Å². The maximum atomic E-state index is 6.09. The summed E-state index contributed by atoms with van der Waals surface area (Å²) in [4.78, 5) is 6.61. The molecule has 0 fully saturated rings. The fourth-order valence-electron chi connectivity index (χ4n) is 2.43. The molecule has 0 aliphatic heterocycles. The van der Waals surface area contributed by atoms with Crippen molar-refractivity contribution in [3.8, 4) is 22.1 Å². The molecule has 0 aliphatic rings. The van der Waals surface area contributed by atoms with Crippen LogP contribution in [0.1, 0.15) is 18.1 Å². The topological polar surface area (TPSA) is 37.7 Å². The average molecular weight is 366 g/mol. The molecule has 0 saturated heterocycles. The monoisotopic (exact) mass is 365 g/mol. The van der Waals surface area contributed by atoms with E-state index in [2.05, 4.69) is 22.4 Å². The Bertz CT molecular complexity index is 903. The number of aliphatic imine (C=N–C) groups is 1. The molecule has 0 unspecified atom stereocenters. The van der Waals surface area contributed by atoms with E-state index in [1.165, 1.54) is 11.5 Å². The number of rotatable bonds is 6. The van der Waals surface area contributed by atoms with Crippen molar-refractivity contribution in [3.05, 3.63) is 59.7 Å². The molecule has 3 rings (SSSR count). The molecule has 134 valence electrons. The molecule has 1 heterocycles. The molecule has 0 radical (unpaired) electrons. The minimum Gasteiger partial charge on any atom is -0.445 e. The van der Waals surface area contributed by atoms with Crippen LogP contribution in [0.5, 0.6) is 10.8 Å². The molecule has 4 nitrogen and oxygen atoms in total. The summed E-state index contributed by atoms with van der Waals surface area (Å²) in [6.07, 6.45) is 1.86. The number of hydrogen-bond acceptors (Lipinski definition) is 4. The second-order valence-electron chi connectivity index (χ2n) is 6.22. The summed E-state index contributed by atoms with van der Waals surface area (Å²) in [5.41, 5.74) is 5.13. The van der Waals surface area contributed by atoms with E-state index in [4.69, 9.17) is 4.74 Å². The zero-order valence-electron chi connectivity index (χ0n) is 15.6. The number of aromatic nitrogens is 1. The highest BCUT2D eigenvalue weighted by molar-refractivity contribution is 7.08. The summed E-state index contributed by atoms with van der Waals surface area (Å²) in [5, 5.41) is 0.785. The average Bonchev–Trinajstić information content (AvgIpc) is 3.12. The van der Waals surface area contributed by atoms with Crippen molar-refractivity contribution < 1.29 is 4.74 Å². The lowest BCUT2D eigenvalue weighted by atomic mass is 10.1. The SMILES string of the molecule is CCN(C)/C=N/c1cc(C)c(Oc2cc(-c3ccccc3)ns2)cc1C. The Labute approximate surface area is 159 Å². The molecule has 5 heteroatoms. The predicted molar refractivity (Wildman–Crippen MR) is 110 cm³/mol. The molecule has 0 saturated carbocycles. The van der Waals surface area contributed by atoms with Crippen LogP contribution in [-0.2, 0) is 0 Å². The standard InChI is InChI=1S/C21H23N3OS/c1-5-24(4)14-22-18-11-16(3)20(12-15(18)2)25-21-13-19(23-26-21)17-9-7-6-8-10-17/h6-14H,5H2,1-4H3/b22-14+. The minimum atomic E-state index is 0.785. The first-order chi connectivity index (χ1) is 12.6. The maximum Gasteiger partial charge on any atom is 0.200 e. The zero-order valence-corrected chi connectivity index (χ0v) is 16.4. The zero-order chi connectivity index (χ0) is 18.5. The van der Waals surface area contributed by atoms with Gasteiger partial charge in [-0.2, -0.15) is 4.37 Å². The van der Waals surface area contributed by atoms with Gasteiger partial charge < -0.3 is 9.64 Å².